The van der Waals surface area contributed by atoms with Gasteiger partial charge in [0.25, 0.3) is 5.91 Å². The summed E-state index contributed by atoms with van der Waals surface area (Å²) in [4.78, 5) is 36.2. The highest BCUT2D eigenvalue weighted by Crippen LogP contribution is 2.24. The number of benzene rings is 1. The third kappa shape index (κ3) is 6.36. The number of hydrogen-bond acceptors (Lipinski definition) is 6. The monoisotopic (exact) mass is 412 g/mol. The van der Waals surface area contributed by atoms with E-state index in [0.29, 0.717) is 22.9 Å². The molecule has 1 heterocycles. The van der Waals surface area contributed by atoms with E-state index in [2.05, 4.69) is 15.4 Å². The number of alkyl carbamates (subject to hydrolysis) is 1. The molecular formula is C17H17ClN2O4S2. The number of amides is 3. The average molecular weight is 413 g/mol. The molecule has 0 saturated carbocycles. The maximum Gasteiger partial charge on any atom is 0.413 e. The SMILES string of the molecule is COC(=O)NC(=O)c1ccsc1NC(=O)CCCSc1ccc(Cl)cc1. The summed E-state index contributed by atoms with van der Waals surface area (Å²) in [5.41, 5.74) is 0.226. The molecule has 0 bridgehead atoms. The predicted molar refractivity (Wildman–Crippen MR) is 104 cm³/mol. The number of halogens is 1. The van der Waals surface area contributed by atoms with Crippen LogP contribution in [0.25, 0.3) is 0 Å². The second kappa shape index (κ2) is 10.2. The molecule has 138 valence electrons. The van der Waals surface area contributed by atoms with E-state index >= 15 is 0 Å². The van der Waals surface area contributed by atoms with Crippen LogP contribution in [0.1, 0.15) is 23.2 Å². The number of carbonyl (C=O) groups excluding carboxylic acids is 3. The topological polar surface area (TPSA) is 84.5 Å². The summed E-state index contributed by atoms with van der Waals surface area (Å²) in [6, 6.07) is 9.06. The van der Waals surface area contributed by atoms with Gasteiger partial charge in [-0.25, -0.2) is 4.79 Å². The predicted octanol–water partition coefficient (Wildman–Crippen LogP) is 4.41. The van der Waals surface area contributed by atoms with Gasteiger partial charge in [0, 0.05) is 16.3 Å². The molecule has 0 spiro atoms. The highest BCUT2D eigenvalue weighted by atomic mass is 35.5. The summed E-state index contributed by atoms with van der Waals surface area (Å²) >= 11 is 8.70. The Morgan fingerprint density at radius 2 is 1.92 bits per heavy atom. The number of carbonyl (C=O) groups is 3. The van der Waals surface area contributed by atoms with Crippen molar-refractivity contribution in [2.24, 2.45) is 0 Å². The minimum Gasteiger partial charge on any atom is -0.453 e. The molecule has 0 atom stereocenters. The van der Waals surface area contributed by atoms with Crippen LogP contribution >= 0.6 is 34.7 Å². The van der Waals surface area contributed by atoms with Crippen molar-refractivity contribution >= 4 is 57.6 Å². The lowest BCUT2D eigenvalue weighted by atomic mass is 10.3. The first kappa shape index (κ1) is 20.3. The van der Waals surface area contributed by atoms with Crippen molar-refractivity contribution in [1.29, 1.82) is 0 Å². The van der Waals surface area contributed by atoms with Crippen molar-refractivity contribution in [1.82, 2.24) is 5.32 Å². The Hall–Kier alpha value is -2.03. The summed E-state index contributed by atoms with van der Waals surface area (Å²) in [6.45, 7) is 0. The molecule has 26 heavy (non-hydrogen) atoms. The molecule has 1 aromatic heterocycles. The maximum absolute atomic E-state index is 12.1. The smallest absolute Gasteiger partial charge is 0.413 e. The van der Waals surface area contributed by atoms with E-state index in [0.717, 1.165) is 10.6 Å². The van der Waals surface area contributed by atoms with Gasteiger partial charge >= 0.3 is 6.09 Å². The molecule has 9 heteroatoms. The van der Waals surface area contributed by atoms with Crippen LogP contribution in [0.5, 0.6) is 0 Å². The zero-order valence-electron chi connectivity index (χ0n) is 13.9. The van der Waals surface area contributed by atoms with Gasteiger partial charge in [0.15, 0.2) is 0 Å². The van der Waals surface area contributed by atoms with Gasteiger partial charge in [-0.2, -0.15) is 0 Å². The van der Waals surface area contributed by atoms with Crippen molar-refractivity contribution in [3.63, 3.8) is 0 Å². The Bertz CT molecular complexity index is 777. The van der Waals surface area contributed by atoms with E-state index in [1.807, 2.05) is 24.3 Å². The second-order valence-corrected chi connectivity index (χ2v) is 7.58. The standard InChI is InChI=1S/C17H17ClN2O4S2/c1-24-17(23)20-15(22)13-8-10-26-16(13)19-14(21)3-2-9-25-12-6-4-11(18)5-7-12/h4-8,10H,2-3,9H2,1H3,(H,19,21)(H,20,22,23). The van der Waals surface area contributed by atoms with E-state index in [-0.39, 0.29) is 11.5 Å². The summed E-state index contributed by atoms with van der Waals surface area (Å²) in [5, 5.41) is 7.53. The summed E-state index contributed by atoms with van der Waals surface area (Å²) in [6.07, 6.45) is 0.169. The zero-order chi connectivity index (χ0) is 18.9. The van der Waals surface area contributed by atoms with Gasteiger partial charge in [-0.1, -0.05) is 11.6 Å². The van der Waals surface area contributed by atoms with Crippen molar-refractivity contribution in [3.05, 3.63) is 46.3 Å². The molecule has 1 aromatic carbocycles. The zero-order valence-corrected chi connectivity index (χ0v) is 16.3. The molecule has 2 aromatic rings. The van der Waals surface area contributed by atoms with E-state index in [4.69, 9.17) is 11.6 Å². The average Bonchev–Trinajstić information content (AvgIpc) is 3.08. The fourth-order valence-corrected chi connectivity index (χ4v) is 3.72. The molecule has 0 aliphatic carbocycles. The molecule has 6 nitrogen and oxygen atoms in total. The van der Waals surface area contributed by atoms with Gasteiger partial charge in [-0.15, -0.1) is 23.1 Å². The lowest BCUT2D eigenvalue weighted by Gasteiger charge is -2.06. The Balaban J connectivity index is 1.77. The number of hydrogen-bond donors (Lipinski definition) is 2. The van der Waals surface area contributed by atoms with Gasteiger partial charge in [-0.05, 0) is 47.9 Å². The molecule has 0 fully saturated rings. The van der Waals surface area contributed by atoms with Crippen LogP contribution in [0.3, 0.4) is 0 Å². The first-order valence-corrected chi connectivity index (χ1v) is 9.89. The Morgan fingerprint density at radius 3 is 2.62 bits per heavy atom. The van der Waals surface area contributed by atoms with Crippen LogP contribution in [0.4, 0.5) is 9.80 Å². The fraction of sp³-hybridized carbons (Fsp3) is 0.235. The van der Waals surface area contributed by atoms with Gasteiger partial charge in [0.05, 0.1) is 12.7 Å². The molecular weight excluding hydrogens is 396 g/mol. The van der Waals surface area contributed by atoms with E-state index in [1.165, 1.54) is 24.5 Å². The third-order valence-electron chi connectivity index (χ3n) is 3.19. The van der Waals surface area contributed by atoms with E-state index in [9.17, 15) is 14.4 Å². The first-order valence-electron chi connectivity index (χ1n) is 7.64. The highest BCUT2D eigenvalue weighted by Gasteiger charge is 2.17. The quantitative estimate of drug-likeness (QED) is 0.519. The number of thiophene rings is 1. The molecule has 0 unspecified atom stereocenters. The number of anilines is 1. The molecule has 0 aliphatic rings. The minimum atomic E-state index is -0.849. The Morgan fingerprint density at radius 1 is 1.19 bits per heavy atom. The molecule has 2 rings (SSSR count). The lowest BCUT2D eigenvalue weighted by molar-refractivity contribution is -0.116. The first-order chi connectivity index (χ1) is 12.5. The number of ether oxygens (including phenoxy) is 1. The van der Waals surface area contributed by atoms with Crippen LogP contribution in [0.15, 0.2) is 40.6 Å². The van der Waals surface area contributed by atoms with Crippen molar-refractivity contribution in [3.8, 4) is 0 Å². The molecule has 0 radical (unpaired) electrons. The number of thioether (sulfide) groups is 1. The van der Waals surface area contributed by atoms with Crippen LogP contribution in [0.2, 0.25) is 5.02 Å². The van der Waals surface area contributed by atoms with E-state index in [1.54, 1.807) is 17.1 Å². The van der Waals surface area contributed by atoms with Crippen LogP contribution in [-0.4, -0.2) is 30.8 Å². The van der Waals surface area contributed by atoms with Crippen LogP contribution < -0.4 is 10.6 Å². The van der Waals surface area contributed by atoms with Crippen molar-refractivity contribution in [2.75, 3.05) is 18.2 Å². The second-order valence-electron chi connectivity index (χ2n) is 5.06. The third-order valence-corrected chi connectivity index (χ3v) is 5.37. The van der Waals surface area contributed by atoms with Crippen LogP contribution in [0, 0.1) is 0 Å². The number of imide groups is 1. The minimum absolute atomic E-state index is 0.184. The summed E-state index contributed by atoms with van der Waals surface area (Å²) in [7, 11) is 1.17. The molecule has 3 amide bonds. The Labute approximate surface area is 164 Å². The fourth-order valence-electron chi connectivity index (χ4n) is 1.94. The number of nitrogens with one attached hydrogen (secondary N) is 2. The van der Waals surface area contributed by atoms with Gasteiger partial charge in [0.2, 0.25) is 5.91 Å². The van der Waals surface area contributed by atoms with E-state index < -0.39 is 12.0 Å². The lowest BCUT2D eigenvalue weighted by Crippen LogP contribution is -2.30. The maximum atomic E-state index is 12.1. The summed E-state index contributed by atoms with van der Waals surface area (Å²) in [5.74, 6) is -0.0159. The van der Waals surface area contributed by atoms with Gasteiger partial charge < -0.3 is 10.1 Å². The normalized spacial score (nSPS) is 10.2. The Kier molecular flexibility index (Phi) is 7.96. The van der Waals surface area contributed by atoms with Crippen LogP contribution in [-0.2, 0) is 9.53 Å². The van der Waals surface area contributed by atoms with Gasteiger partial charge in [0.1, 0.15) is 5.00 Å². The van der Waals surface area contributed by atoms with Crippen molar-refractivity contribution in [2.45, 2.75) is 17.7 Å². The molecule has 0 saturated heterocycles. The largest absolute Gasteiger partial charge is 0.453 e. The summed E-state index contributed by atoms with van der Waals surface area (Å²) < 4.78 is 4.38. The molecule has 2 N–H and O–H groups in total. The number of methoxy groups -OCH3 is 1. The van der Waals surface area contributed by atoms with Crippen molar-refractivity contribution < 1.29 is 19.1 Å². The number of rotatable bonds is 7. The van der Waals surface area contributed by atoms with Gasteiger partial charge in [-0.3, -0.25) is 14.9 Å². The molecule has 0 aliphatic heterocycles. The highest BCUT2D eigenvalue weighted by molar-refractivity contribution is 7.99.